The summed E-state index contributed by atoms with van der Waals surface area (Å²) in [4.78, 5) is 27.8. The van der Waals surface area contributed by atoms with Crippen LogP contribution in [0.15, 0.2) is 91.0 Å². The second-order valence-corrected chi connectivity index (χ2v) is 9.67. The van der Waals surface area contributed by atoms with Crippen molar-refractivity contribution in [1.29, 1.82) is 0 Å². The minimum Gasteiger partial charge on any atom is -0.493 e. The Labute approximate surface area is 240 Å². The number of esters is 1. The first-order valence-electron chi connectivity index (χ1n) is 13.6. The van der Waals surface area contributed by atoms with Crippen molar-refractivity contribution in [2.24, 2.45) is 0 Å². The van der Waals surface area contributed by atoms with E-state index in [-0.39, 0.29) is 24.5 Å². The van der Waals surface area contributed by atoms with Gasteiger partial charge in [-0.25, -0.2) is 4.79 Å². The molecule has 1 aliphatic rings. The quantitative estimate of drug-likeness (QED) is 0.225. The maximum Gasteiger partial charge on any atom is 0.338 e. The van der Waals surface area contributed by atoms with Gasteiger partial charge < -0.3 is 23.8 Å². The number of hydrogen-bond acceptors (Lipinski definition) is 6. The lowest BCUT2D eigenvalue weighted by molar-refractivity contribution is 0.0524. The summed E-state index contributed by atoms with van der Waals surface area (Å²) in [5, 5.41) is 0. The standard InChI is InChI=1S/C34H33NO6/c1-4-40-34(37)26-14-16-28(17-15-26)41-22-30-29-21-32(39-3)31(38-2)20-27(29)18-19-35(30)33(36)25-12-10-24(11-13-25)23-8-6-5-7-9-23/h5-17,20-21,30H,4,18-19,22H2,1-3H3. The Morgan fingerprint density at radius 2 is 1.44 bits per heavy atom. The lowest BCUT2D eigenvalue weighted by atomic mass is 9.91. The van der Waals surface area contributed by atoms with Gasteiger partial charge in [-0.3, -0.25) is 4.79 Å². The van der Waals surface area contributed by atoms with E-state index in [0.29, 0.717) is 47.9 Å². The summed E-state index contributed by atoms with van der Waals surface area (Å²) in [6.07, 6.45) is 0.675. The van der Waals surface area contributed by atoms with Crippen molar-refractivity contribution in [3.05, 3.63) is 113 Å². The van der Waals surface area contributed by atoms with E-state index >= 15 is 0 Å². The third kappa shape index (κ3) is 6.04. The minimum atomic E-state index is -0.378. The van der Waals surface area contributed by atoms with Gasteiger partial charge in [-0.05, 0) is 84.1 Å². The third-order valence-corrected chi connectivity index (χ3v) is 7.28. The lowest BCUT2D eigenvalue weighted by Gasteiger charge is -2.37. The molecule has 0 fully saturated rings. The zero-order valence-corrected chi connectivity index (χ0v) is 23.5. The molecule has 1 atom stereocenters. The second kappa shape index (κ2) is 12.6. The number of methoxy groups -OCH3 is 2. The summed E-state index contributed by atoms with van der Waals surface area (Å²) < 4.78 is 22.4. The predicted molar refractivity (Wildman–Crippen MR) is 157 cm³/mol. The molecule has 4 aromatic rings. The number of carbonyl (C=O) groups excluding carboxylic acids is 2. The first-order valence-corrected chi connectivity index (χ1v) is 13.6. The summed E-state index contributed by atoms with van der Waals surface area (Å²) in [5.74, 6) is 1.38. The molecule has 0 N–H and O–H groups in total. The zero-order valence-electron chi connectivity index (χ0n) is 23.5. The molecular weight excluding hydrogens is 518 g/mol. The van der Waals surface area contributed by atoms with Crippen LogP contribution in [0.4, 0.5) is 0 Å². The van der Waals surface area contributed by atoms with Crippen molar-refractivity contribution in [2.75, 3.05) is 34.0 Å². The molecule has 0 bridgehead atoms. The number of hydrogen-bond donors (Lipinski definition) is 0. The first-order chi connectivity index (χ1) is 20.0. The molecule has 1 heterocycles. The van der Waals surface area contributed by atoms with E-state index in [0.717, 1.165) is 22.3 Å². The first kappa shape index (κ1) is 27.8. The van der Waals surface area contributed by atoms with Crippen LogP contribution in [-0.4, -0.2) is 50.8 Å². The number of benzene rings is 4. The molecule has 0 aliphatic carbocycles. The van der Waals surface area contributed by atoms with E-state index in [1.54, 1.807) is 45.4 Å². The summed E-state index contributed by atoms with van der Waals surface area (Å²) >= 11 is 0. The van der Waals surface area contributed by atoms with Gasteiger partial charge in [0.25, 0.3) is 5.91 Å². The van der Waals surface area contributed by atoms with Crippen LogP contribution in [0.2, 0.25) is 0 Å². The monoisotopic (exact) mass is 551 g/mol. The van der Waals surface area contributed by atoms with E-state index in [1.807, 2.05) is 71.6 Å². The van der Waals surface area contributed by atoms with Gasteiger partial charge in [-0.2, -0.15) is 0 Å². The summed E-state index contributed by atoms with van der Waals surface area (Å²) in [7, 11) is 3.21. The highest BCUT2D eigenvalue weighted by atomic mass is 16.5. The Bertz CT molecular complexity index is 1500. The molecule has 7 nitrogen and oxygen atoms in total. The zero-order chi connectivity index (χ0) is 28.8. The van der Waals surface area contributed by atoms with Crippen LogP contribution >= 0.6 is 0 Å². The smallest absolute Gasteiger partial charge is 0.338 e. The largest absolute Gasteiger partial charge is 0.493 e. The Morgan fingerprint density at radius 3 is 2.10 bits per heavy atom. The van der Waals surface area contributed by atoms with Crippen molar-refractivity contribution < 1.29 is 28.5 Å². The topological polar surface area (TPSA) is 74.3 Å². The second-order valence-electron chi connectivity index (χ2n) is 9.67. The molecule has 41 heavy (non-hydrogen) atoms. The molecule has 5 rings (SSSR count). The van der Waals surface area contributed by atoms with Gasteiger partial charge in [0, 0.05) is 12.1 Å². The Kier molecular flexibility index (Phi) is 8.53. The molecule has 1 unspecified atom stereocenters. The number of amides is 1. The minimum absolute atomic E-state index is 0.0729. The van der Waals surface area contributed by atoms with E-state index in [9.17, 15) is 9.59 Å². The SMILES string of the molecule is CCOC(=O)c1ccc(OCC2c3cc(OC)c(OC)cc3CCN2C(=O)c2ccc(-c3ccccc3)cc2)cc1. The molecule has 0 saturated carbocycles. The summed E-state index contributed by atoms with van der Waals surface area (Å²) in [5.41, 5.74) is 5.24. The predicted octanol–water partition coefficient (Wildman–Crippen LogP) is 6.37. The van der Waals surface area contributed by atoms with E-state index < -0.39 is 0 Å². The molecular formula is C34H33NO6. The van der Waals surface area contributed by atoms with Crippen molar-refractivity contribution >= 4 is 11.9 Å². The Hall–Kier alpha value is -4.78. The summed E-state index contributed by atoms with van der Waals surface area (Å²) in [6.45, 7) is 2.82. The van der Waals surface area contributed by atoms with Gasteiger partial charge in [0.05, 0.1) is 32.4 Å². The molecule has 7 heteroatoms. The van der Waals surface area contributed by atoms with Crippen molar-refractivity contribution in [3.63, 3.8) is 0 Å². The maximum atomic E-state index is 13.9. The highest BCUT2D eigenvalue weighted by molar-refractivity contribution is 5.95. The van der Waals surface area contributed by atoms with Gasteiger partial charge >= 0.3 is 5.97 Å². The summed E-state index contributed by atoms with van der Waals surface area (Å²) in [6, 6.07) is 28.1. The van der Waals surface area contributed by atoms with Gasteiger partial charge in [-0.15, -0.1) is 0 Å². The van der Waals surface area contributed by atoms with Crippen molar-refractivity contribution in [1.82, 2.24) is 4.90 Å². The van der Waals surface area contributed by atoms with Gasteiger partial charge in [0.2, 0.25) is 0 Å². The lowest BCUT2D eigenvalue weighted by Crippen LogP contribution is -2.42. The molecule has 4 aromatic carbocycles. The molecule has 0 aromatic heterocycles. The van der Waals surface area contributed by atoms with Crippen LogP contribution in [0.1, 0.15) is 44.8 Å². The van der Waals surface area contributed by atoms with E-state index in [1.165, 1.54) is 0 Å². The highest BCUT2D eigenvalue weighted by Gasteiger charge is 2.33. The van der Waals surface area contributed by atoms with E-state index in [2.05, 4.69) is 0 Å². The fourth-order valence-electron chi connectivity index (χ4n) is 5.13. The van der Waals surface area contributed by atoms with Crippen LogP contribution in [-0.2, 0) is 11.2 Å². The number of nitrogens with zero attached hydrogens (tertiary/aromatic N) is 1. The number of rotatable bonds is 9. The normalized spacial score (nSPS) is 14.1. The van der Waals surface area contributed by atoms with Crippen LogP contribution in [0.3, 0.4) is 0 Å². The number of fused-ring (bicyclic) bond motifs is 1. The fraction of sp³-hybridized carbons (Fsp3) is 0.235. The van der Waals surface area contributed by atoms with Gasteiger partial charge in [0.1, 0.15) is 12.4 Å². The molecule has 0 spiro atoms. The number of ether oxygens (including phenoxy) is 4. The highest BCUT2D eigenvalue weighted by Crippen LogP contribution is 2.39. The molecule has 0 radical (unpaired) electrons. The van der Waals surface area contributed by atoms with Crippen LogP contribution < -0.4 is 14.2 Å². The van der Waals surface area contributed by atoms with Crippen LogP contribution in [0.25, 0.3) is 11.1 Å². The molecule has 1 amide bonds. The Morgan fingerprint density at radius 1 is 0.805 bits per heavy atom. The van der Waals surface area contributed by atoms with Crippen LogP contribution in [0, 0.1) is 0 Å². The maximum absolute atomic E-state index is 13.9. The molecule has 0 saturated heterocycles. The van der Waals surface area contributed by atoms with Crippen molar-refractivity contribution in [3.8, 4) is 28.4 Å². The average Bonchev–Trinajstić information content (AvgIpc) is 3.03. The van der Waals surface area contributed by atoms with Crippen LogP contribution in [0.5, 0.6) is 17.2 Å². The van der Waals surface area contributed by atoms with E-state index in [4.69, 9.17) is 18.9 Å². The molecule has 210 valence electrons. The van der Waals surface area contributed by atoms with Crippen molar-refractivity contribution in [2.45, 2.75) is 19.4 Å². The average molecular weight is 552 g/mol. The number of carbonyl (C=O) groups is 2. The molecule has 1 aliphatic heterocycles. The van der Waals surface area contributed by atoms with Gasteiger partial charge in [0.15, 0.2) is 11.5 Å². The fourth-order valence-corrected chi connectivity index (χ4v) is 5.13. The van der Waals surface area contributed by atoms with Gasteiger partial charge in [-0.1, -0.05) is 42.5 Å². The third-order valence-electron chi connectivity index (χ3n) is 7.28. The Balaban J connectivity index is 1.42.